The first-order valence-electron chi connectivity index (χ1n) is 34.5. The third-order valence-corrected chi connectivity index (χ3v) is 16.6. The first kappa shape index (κ1) is 80.9. The lowest BCUT2D eigenvalue weighted by Crippen LogP contribution is -2.66. The van der Waals surface area contributed by atoms with Gasteiger partial charge < -0.3 is 89.9 Å². The van der Waals surface area contributed by atoms with E-state index in [0.717, 1.165) is 77.0 Å². The van der Waals surface area contributed by atoms with E-state index >= 15 is 0 Å². The van der Waals surface area contributed by atoms with Crippen LogP contribution in [-0.4, -0.2) is 193 Å². The molecule has 0 spiro atoms. The zero-order valence-electron chi connectivity index (χ0n) is 54.6. The molecule has 17 unspecified atom stereocenters. The average molecular weight is 1280 g/mol. The summed E-state index contributed by atoms with van der Waals surface area (Å²) in [5.41, 5.74) is 0. The number of hydrogen-bond acceptors (Lipinski definition) is 18. The van der Waals surface area contributed by atoms with Gasteiger partial charge in [-0.1, -0.05) is 214 Å². The summed E-state index contributed by atoms with van der Waals surface area (Å²) in [4.78, 5) is 13.4. The SMILES string of the molecule is CC/C=C\C/C=C\C/C=C\C/C=C\C/C=C\CCCCCC(=O)NC(COC1OC(CO)C(OC2OC(CO)C(OC3OC(CO)C(O)C(O)C3O)C(O)C2O)C(O)C1O)C(O)/C=C/CC/C=C/CC/C=C/CCCCCCCCCCCCCCCCCC. The van der Waals surface area contributed by atoms with Gasteiger partial charge in [0.25, 0.3) is 0 Å². The molecule has 3 heterocycles. The van der Waals surface area contributed by atoms with Gasteiger partial charge in [-0.15, -0.1) is 0 Å². The number of carbonyl (C=O) groups excluding carboxylic acids is 1. The lowest BCUT2D eigenvalue weighted by atomic mass is 9.96. The van der Waals surface area contributed by atoms with Crippen LogP contribution in [0.25, 0.3) is 0 Å². The molecule has 3 rings (SSSR count). The lowest BCUT2D eigenvalue weighted by molar-refractivity contribution is -0.379. The van der Waals surface area contributed by atoms with E-state index in [1.54, 1.807) is 6.08 Å². The molecule has 0 bridgehead atoms. The largest absolute Gasteiger partial charge is 0.394 e. The molecule has 3 aliphatic heterocycles. The highest BCUT2D eigenvalue weighted by Gasteiger charge is 2.53. The standard InChI is InChI=1S/C71H121NO18/c1-3-5-7-9-11-13-15-17-19-21-23-24-25-26-27-28-29-31-32-34-36-38-40-42-44-46-48-55(76)54(72-59(77)49-47-45-43-41-39-37-35-33-30-22-20-18-16-14-12-10-8-6-4-2)53-85-69-65(83)62(80)67(57(51-74)87-69)90-71-66(84)63(81)68(58(52-75)88-71)89-70-64(82)61(79)60(78)56(50-73)86-70/h6,8,12,14,18,20,30-33,37-40,46,48,54-58,60-71,73-76,78-84H,3-5,7,9-11,13,15-17,19,21-29,34-36,41-45,47,49-53H2,1-2H3,(H,72,77)/b8-6-,14-12-,20-18-,32-31+,33-30-,39-37-,40-38+,48-46+. The molecule has 3 saturated heterocycles. The summed E-state index contributed by atoms with van der Waals surface area (Å²) < 4.78 is 34.3. The zero-order chi connectivity index (χ0) is 65.4. The van der Waals surface area contributed by atoms with E-state index in [4.69, 9.17) is 28.4 Å². The monoisotopic (exact) mass is 1280 g/mol. The molecule has 19 heteroatoms. The van der Waals surface area contributed by atoms with Crippen LogP contribution in [0.5, 0.6) is 0 Å². The van der Waals surface area contributed by atoms with Crippen molar-refractivity contribution < 1.29 is 89.4 Å². The zero-order valence-corrected chi connectivity index (χ0v) is 54.6. The molecular formula is C71H121NO18. The van der Waals surface area contributed by atoms with Gasteiger partial charge in [-0.25, -0.2) is 0 Å². The lowest BCUT2D eigenvalue weighted by Gasteiger charge is -2.48. The van der Waals surface area contributed by atoms with E-state index in [-0.39, 0.29) is 12.3 Å². The maximum Gasteiger partial charge on any atom is 0.220 e. The fourth-order valence-corrected chi connectivity index (χ4v) is 11.0. The van der Waals surface area contributed by atoms with Crippen LogP contribution in [0.4, 0.5) is 0 Å². The molecule has 3 fully saturated rings. The van der Waals surface area contributed by atoms with Crippen LogP contribution >= 0.6 is 0 Å². The van der Waals surface area contributed by atoms with Crippen molar-refractivity contribution in [2.45, 2.75) is 317 Å². The molecule has 0 aromatic rings. The number of unbranched alkanes of at least 4 members (excludes halogenated alkanes) is 21. The predicted molar refractivity (Wildman–Crippen MR) is 351 cm³/mol. The summed E-state index contributed by atoms with van der Waals surface area (Å²) in [7, 11) is 0. The Balaban J connectivity index is 1.48. The third kappa shape index (κ3) is 33.7. The van der Waals surface area contributed by atoms with Crippen LogP contribution in [0.1, 0.15) is 213 Å². The van der Waals surface area contributed by atoms with Gasteiger partial charge in [-0.3, -0.25) is 4.79 Å². The van der Waals surface area contributed by atoms with E-state index in [2.05, 4.69) is 104 Å². The number of amides is 1. The fraction of sp³-hybridized carbons (Fsp3) is 0.761. The van der Waals surface area contributed by atoms with Crippen molar-refractivity contribution in [3.63, 3.8) is 0 Å². The Kier molecular flexibility index (Phi) is 46.8. The Morgan fingerprint density at radius 1 is 0.411 bits per heavy atom. The van der Waals surface area contributed by atoms with Crippen molar-refractivity contribution >= 4 is 5.91 Å². The van der Waals surface area contributed by atoms with Crippen LogP contribution in [-0.2, 0) is 33.2 Å². The molecule has 0 saturated carbocycles. The third-order valence-electron chi connectivity index (χ3n) is 16.6. The van der Waals surface area contributed by atoms with E-state index in [1.165, 1.54) is 103 Å². The van der Waals surface area contributed by atoms with Gasteiger partial charge in [0.05, 0.1) is 38.6 Å². The molecule has 0 aromatic carbocycles. The Labute approximate surface area is 539 Å². The van der Waals surface area contributed by atoms with Crippen molar-refractivity contribution in [3.05, 3.63) is 97.2 Å². The molecule has 90 heavy (non-hydrogen) atoms. The number of rotatable bonds is 51. The highest BCUT2D eigenvalue weighted by molar-refractivity contribution is 5.76. The number of allylic oxidation sites excluding steroid dienone is 15. The van der Waals surface area contributed by atoms with Crippen LogP contribution in [0.2, 0.25) is 0 Å². The normalized spacial score (nSPS) is 28.7. The number of aliphatic hydroxyl groups is 11. The van der Waals surface area contributed by atoms with Gasteiger partial charge in [0.1, 0.15) is 73.2 Å². The molecule has 17 atom stereocenters. The van der Waals surface area contributed by atoms with Crippen LogP contribution in [0.3, 0.4) is 0 Å². The smallest absolute Gasteiger partial charge is 0.220 e. The molecule has 3 aliphatic rings. The second kappa shape index (κ2) is 52.0. The fourth-order valence-electron chi connectivity index (χ4n) is 11.0. The molecule has 0 aromatic heterocycles. The minimum absolute atomic E-state index is 0.187. The number of nitrogens with one attached hydrogen (secondary N) is 1. The van der Waals surface area contributed by atoms with E-state index in [9.17, 15) is 61.0 Å². The molecule has 12 N–H and O–H groups in total. The Morgan fingerprint density at radius 3 is 1.24 bits per heavy atom. The molecule has 0 aliphatic carbocycles. The molecule has 1 amide bonds. The van der Waals surface area contributed by atoms with E-state index in [1.807, 2.05) is 6.08 Å². The number of hydrogen-bond donors (Lipinski definition) is 12. The van der Waals surface area contributed by atoms with Gasteiger partial charge in [0, 0.05) is 6.42 Å². The van der Waals surface area contributed by atoms with Crippen molar-refractivity contribution in [2.75, 3.05) is 26.4 Å². The average Bonchev–Trinajstić information content (AvgIpc) is 0.846. The summed E-state index contributed by atoms with van der Waals surface area (Å²) in [6.45, 7) is 1.56. The first-order valence-corrected chi connectivity index (χ1v) is 34.5. The van der Waals surface area contributed by atoms with Gasteiger partial charge >= 0.3 is 0 Å². The Morgan fingerprint density at radius 2 is 0.778 bits per heavy atom. The summed E-state index contributed by atoms with van der Waals surface area (Å²) in [6, 6.07) is -1.02. The van der Waals surface area contributed by atoms with Crippen LogP contribution in [0.15, 0.2) is 97.2 Å². The number of carbonyl (C=O) groups is 1. The summed E-state index contributed by atoms with van der Waals surface area (Å²) in [5.74, 6) is -0.324. The van der Waals surface area contributed by atoms with Gasteiger partial charge in [0.15, 0.2) is 18.9 Å². The second-order valence-electron chi connectivity index (χ2n) is 24.2. The predicted octanol–water partition coefficient (Wildman–Crippen LogP) is 8.88. The molecule has 0 radical (unpaired) electrons. The Bertz CT molecular complexity index is 2010. The van der Waals surface area contributed by atoms with E-state index < -0.39 is 131 Å². The van der Waals surface area contributed by atoms with Gasteiger partial charge in [-0.2, -0.15) is 0 Å². The topological polar surface area (TPSA) is 307 Å². The Hall–Kier alpha value is -3.29. The number of aliphatic hydroxyl groups excluding tert-OH is 11. The highest BCUT2D eigenvalue weighted by Crippen LogP contribution is 2.33. The number of ether oxygens (including phenoxy) is 6. The van der Waals surface area contributed by atoms with Gasteiger partial charge in [0.2, 0.25) is 5.91 Å². The van der Waals surface area contributed by atoms with Crippen LogP contribution < -0.4 is 5.32 Å². The highest BCUT2D eigenvalue weighted by atomic mass is 16.8. The quantitative estimate of drug-likeness (QED) is 0.0200. The molecular weight excluding hydrogens is 1150 g/mol. The second-order valence-corrected chi connectivity index (χ2v) is 24.2. The van der Waals surface area contributed by atoms with Crippen molar-refractivity contribution in [1.29, 1.82) is 0 Å². The van der Waals surface area contributed by atoms with Crippen molar-refractivity contribution in [1.82, 2.24) is 5.32 Å². The minimum atomic E-state index is -1.99. The van der Waals surface area contributed by atoms with E-state index in [0.29, 0.717) is 12.8 Å². The summed E-state index contributed by atoms with van der Waals surface area (Å²) in [5, 5.41) is 120. The molecule has 518 valence electrons. The van der Waals surface area contributed by atoms with Crippen LogP contribution in [0, 0.1) is 0 Å². The summed E-state index contributed by atoms with van der Waals surface area (Å²) in [6.07, 6.45) is 41.0. The maximum absolute atomic E-state index is 13.4. The minimum Gasteiger partial charge on any atom is -0.394 e. The maximum atomic E-state index is 13.4. The van der Waals surface area contributed by atoms with Crippen molar-refractivity contribution in [3.8, 4) is 0 Å². The summed E-state index contributed by atoms with van der Waals surface area (Å²) >= 11 is 0. The van der Waals surface area contributed by atoms with Crippen molar-refractivity contribution in [2.24, 2.45) is 0 Å². The molecule has 19 nitrogen and oxygen atoms in total. The van der Waals surface area contributed by atoms with Gasteiger partial charge in [-0.05, 0) is 89.9 Å². The first-order chi connectivity index (χ1) is 43.8.